The second-order valence-electron chi connectivity index (χ2n) is 5.73. The summed E-state index contributed by atoms with van der Waals surface area (Å²) in [6, 6.07) is 14.2. The number of nitrogens with zero attached hydrogens (tertiary/aromatic N) is 2. The summed E-state index contributed by atoms with van der Waals surface area (Å²) in [5.74, 6) is -0.339. The molecule has 3 rings (SSSR count). The summed E-state index contributed by atoms with van der Waals surface area (Å²) in [7, 11) is 0. The highest BCUT2D eigenvalue weighted by Crippen LogP contribution is 2.18. The zero-order valence-corrected chi connectivity index (χ0v) is 12.9. The van der Waals surface area contributed by atoms with Gasteiger partial charge in [-0.3, -0.25) is 4.79 Å². The highest BCUT2D eigenvalue weighted by molar-refractivity contribution is 5.79. The molecule has 0 aliphatic carbocycles. The molecule has 0 atom stereocenters. The van der Waals surface area contributed by atoms with Crippen LogP contribution in [0.3, 0.4) is 0 Å². The Morgan fingerprint density at radius 3 is 2.30 bits per heavy atom. The van der Waals surface area contributed by atoms with Crippen molar-refractivity contribution in [3.05, 3.63) is 59.9 Å². The summed E-state index contributed by atoms with van der Waals surface area (Å²) in [5.41, 5.74) is 8.01. The second-order valence-corrected chi connectivity index (χ2v) is 5.73. The van der Waals surface area contributed by atoms with Gasteiger partial charge in [-0.15, -0.1) is 0 Å². The molecule has 0 unspecified atom stereocenters. The monoisotopic (exact) mass is 313 g/mol. The molecule has 0 saturated carbocycles. The molecule has 2 aromatic rings. The lowest BCUT2D eigenvalue weighted by Crippen LogP contribution is -2.49. The van der Waals surface area contributed by atoms with E-state index in [2.05, 4.69) is 4.90 Å². The summed E-state index contributed by atoms with van der Waals surface area (Å²) < 4.78 is 13.6. The third-order valence-corrected chi connectivity index (χ3v) is 4.19. The number of carbonyl (C=O) groups is 1. The SMILES string of the molecule is Nc1ccc(N2CCN(C(=O)Cc3ccccc3F)CC2)cc1. The van der Waals surface area contributed by atoms with Crippen LogP contribution in [0.15, 0.2) is 48.5 Å². The van der Waals surface area contributed by atoms with E-state index in [1.165, 1.54) is 6.07 Å². The molecule has 1 saturated heterocycles. The van der Waals surface area contributed by atoms with Crippen LogP contribution in [0, 0.1) is 5.82 Å². The Bertz CT molecular complexity index is 679. The first kappa shape index (κ1) is 15.3. The average Bonchev–Trinajstić information content (AvgIpc) is 2.58. The van der Waals surface area contributed by atoms with Crippen LogP contribution >= 0.6 is 0 Å². The van der Waals surface area contributed by atoms with Crippen molar-refractivity contribution in [2.24, 2.45) is 0 Å². The lowest BCUT2D eigenvalue weighted by Gasteiger charge is -2.36. The molecule has 23 heavy (non-hydrogen) atoms. The first-order valence-electron chi connectivity index (χ1n) is 7.75. The molecule has 5 heteroatoms. The molecule has 1 aliphatic rings. The molecule has 2 aromatic carbocycles. The number of nitrogens with two attached hydrogens (primary N) is 1. The molecule has 2 N–H and O–H groups in total. The zero-order chi connectivity index (χ0) is 16.2. The van der Waals surface area contributed by atoms with Crippen LogP contribution in [-0.4, -0.2) is 37.0 Å². The van der Waals surface area contributed by atoms with E-state index >= 15 is 0 Å². The fraction of sp³-hybridized carbons (Fsp3) is 0.278. The minimum Gasteiger partial charge on any atom is -0.399 e. The normalized spacial score (nSPS) is 14.8. The highest BCUT2D eigenvalue weighted by atomic mass is 19.1. The Morgan fingerprint density at radius 1 is 1.00 bits per heavy atom. The molecular weight excluding hydrogens is 293 g/mol. The molecule has 1 amide bonds. The van der Waals surface area contributed by atoms with Gasteiger partial charge in [0.2, 0.25) is 5.91 Å². The van der Waals surface area contributed by atoms with E-state index in [0.29, 0.717) is 18.7 Å². The largest absolute Gasteiger partial charge is 0.399 e. The fourth-order valence-corrected chi connectivity index (χ4v) is 2.82. The van der Waals surface area contributed by atoms with Crippen molar-refractivity contribution >= 4 is 17.3 Å². The third-order valence-electron chi connectivity index (χ3n) is 4.19. The van der Waals surface area contributed by atoms with Crippen LogP contribution in [0.5, 0.6) is 0 Å². The van der Waals surface area contributed by atoms with Gasteiger partial charge in [-0.05, 0) is 35.9 Å². The molecule has 4 nitrogen and oxygen atoms in total. The number of benzene rings is 2. The summed E-state index contributed by atoms with van der Waals surface area (Å²) in [6.07, 6.45) is 0.120. The highest BCUT2D eigenvalue weighted by Gasteiger charge is 2.22. The summed E-state index contributed by atoms with van der Waals surface area (Å²) in [4.78, 5) is 16.4. The van der Waals surface area contributed by atoms with E-state index in [4.69, 9.17) is 5.73 Å². The van der Waals surface area contributed by atoms with Gasteiger partial charge in [-0.25, -0.2) is 4.39 Å². The number of hydrogen-bond acceptors (Lipinski definition) is 3. The van der Waals surface area contributed by atoms with Gasteiger partial charge in [0.15, 0.2) is 0 Å². The van der Waals surface area contributed by atoms with Crippen molar-refractivity contribution in [1.29, 1.82) is 0 Å². The molecule has 0 aromatic heterocycles. The Hall–Kier alpha value is -2.56. The fourth-order valence-electron chi connectivity index (χ4n) is 2.82. The molecule has 1 heterocycles. The first-order chi connectivity index (χ1) is 11.1. The maximum Gasteiger partial charge on any atom is 0.227 e. The molecular formula is C18H20FN3O. The van der Waals surface area contributed by atoms with E-state index in [9.17, 15) is 9.18 Å². The van der Waals surface area contributed by atoms with Crippen LogP contribution in [0.1, 0.15) is 5.56 Å². The first-order valence-corrected chi connectivity index (χ1v) is 7.75. The topological polar surface area (TPSA) is 49.6 Å². The van der Waals surface area contributed by atoms with Crippen molar-refractivity contribution in [3.8, 4) is 0 Å². The van der Waals surface area contributed by atoms with E-state index in [0.717, 1.165) is 24.5 Å². The number of hydrogen-bond donors (Lipinski definition) is 1. The molecule has 1 fully saturated rings. The smallest absolute Gasteiger partial charge is 0.227 e. The third kappa shape index (κ3) is 3.62. The quantitative estimate of drug-likeness (QED) is 0.885. The summed E-state index contributed by atoms with van der Waals surface area (Å²) in [6.45, 7) is 2.84. The molecule has 1 aliphatic heterocycles. The number of anilines is 2. The minimum absolute atomic E-state index is 0.0212. The van der Waals surface area contributed by atoms with E-state index in [-0.39, 0.29) is 18.1 Å². The van der Waals surface area contributed by atoms with E-state index in [1.54, 1.807) is 23.1 Å². The van der Waals surface area contributed by atoms with Crippen LogP contribution in [0.2, 0.25) is 0 Å². The van der Waals surface area contributed by atoms with Gasteiger partial charge in [0.1, 0.15) is 5.82 Å². The lowest BCUT2D eigenvalue weighted by atomic mass is 10.1. The van der Waals surface area contributed by atoms with Crippen molar-refractivity contribution in [2.45, 2.75) is 6.42 Å². The Labute approximate surface area is 135 Å². The lowest BCUT2D eigenvalue weighted by molar-refractivity contribution is -0.130. The molecule has 120 valence electrons. The average molecular weight is 313 g/mol. The number of carbonyl (C=O) groups excluding carboxylic acids is 1. The Balaban J connectivity index is 1.57. The summed E-state index contributed by atoms with van der Waals surface area (Å²) in [5, 5.41) is 0. The minimum atomic E-state index is -0.318. The molecule has 0 radical (unpaired) electrons. The van der Waals surface area contributed by atoms with E-state index < -0.39 is 0 Å². The predicted octanol–water partition coefficient (Wildman–Crippen LogP) is 2.30. The van der Waals surface area contributed by atoms with Gasteiger partial charge >= 0.3 is 0 Å². The van der Waals surface area contributed by atoms with Crippen molar-refractivity contribution in [2.75, 3.05) is 36.8 Å². The van der Waals surface area contributed by atoms with Crippen molar-refractivity contribution in [1.82, 2.24) is 4.90 Å². The molecule has 0 bridgehead atoms. The number of rotatable bonds is 3. The molecule has 0 spiro atoms. The zero-order valence-electron chi connectivity index (χ0n) is 12.9. The standard InChI is InChI=1S/C18H20FN3O/c19-17-4-2-1-3-14(17)13-18(23)22-11-9-21(10-12-22)16-7-5-15(20)6-8-16/h1-8H,9-13,20H2. The van der Waals surface area contributed by atoms with Crippen LogP contribution in [0.4, 0.5) is 15.8 Å². The summed E-state index contributed by atoms with van der Waals surface area (Å²) >= 11 is 0. The number of halogens is 1. The van der Waals surface area contributed by atoms with Crippen LogP contribution in [0.25, 0.3) is 0 Å². The van der Waals surface area contributed by atoms with Crippen molar-refractivity contribution in [3.63, 3.8) is 0 Å². The van der Waals surface area contributed by atoms with Gasteiger partial charge in [0, 0.05) is 37.6 Å². The van der Waals surface area contributed by atoms with Gasteiger partial charge in [-0.1, -0.05) is 18.2 Å². The van der Waals surface area contributed by atoms with Crippen LogP contribution < -0.4 is 10.6 Å². The maximum atomic E-state index is 13.6. The number of nitrogen functional groups attached to an aromatic ring is 1. The van der Waals surface area contributed by atoms with Gasteiger partial charge in [0.25, 0.3) is 0 Å². The Kier molecular flexibility index (Phi) is 4.46. The number of amides is 1. The predicted molar refractivity (Wildman–Crippen MR) is 89.8 cm³/mol. The van der Waals surface area contributed by atoms with Gasteiger partial charge in [-0.2, -0.15) is 0 Å². The van der Waals surface area contributed by atoms with Gasteiger partial charge in [0.05, 0.1) is 6.42 Å². The Morgan fingerprint density at radius 2 is 1.65 bits per heavy atom. The number of piperazine rings is 1. The van der Waals surface area contributed by atoms with Crippen LogP contribution in [-0.2, 0) is 11.2 Å². The maximum absolute atomic E-state index is 13.6. The van der Waals surface area contributed by atoms with E-state index in [1.807, 2.05) is 24.3 Å². The van der Waals surface area contributed by atoms with Crippen molar-refractivity contribution < 1.29 is 9.18 Å². The second kappa shape index (κ2) is 6.69. The van der Waals surface area contributed by atoms with Gasteiger partial charge < -0.3 is 15.5 Å².